The van der Waals surface area contributed by atoms with Gasteiger partial charge in [0.2, 0.25) is 5.91 Å². The fraction of sp³-hybridized carbons (Fsp3) is 0.273. The van der Waals surface area contributed by atoms with Crippen LogP contribution in [0.5, 0.6) is 0 Å². The molecule has 0 spiro atoms. The molecule has 1 unspecified atom stereocenters. The molecule has 1 fully saturated rings. The number of fused-ring (bicyclic) bond motifs is 1. The molecule has 0 radical (unpaired) electrons. The fourth-order valence-electron chi connectivity index (χ4n) is 6.30. The first kappa shape index (κ1) is 32.3. The Labute approximate surface area is 281 Å². The van der Waals surface area contributed by atoms with Gasteiger partial charge in [-0.25, -0.2) is 18.9 Å². The van der Waals surface area contributed by atoms with E-state index in [1.54, 1.807) is 53.7 Å². The lowest BCUT2D eigenvalue weighted by Gasteiger charge is -2.33. The summed E-state index contributed by atoms with van der Waals surface area (Å²) < 4.78 is 56.0. The van der Waals surface area contributed by atoms with Crippen LogP contribution in [-0.2, 0) is 9.59 Å². The summed E-state index contributed by atoms with van der Waals surface area (Å²) in [4.78, 5) is 41.9. The number of benzene rings is 1. The summed E-state index contributed by atoms with van der Waals surface area (Å²) in [6, 6.07) is 13.0. The number of allylic oxidation sites excluding steroid dienone is 1. The number of aromatic nitrogens is 6. The van der Waals surface area contributed by atoms with Crippen LogP contribution in [-0.4, -0.2) is 65.1 Å². The van der Waals surface area contributed by atoms with Gasteiger partial charge in [-0.05, 0) is 62.2 Å². The van der Waals surface area contributed by atoms with E-state index in [1.807, 2.05) is 28.5 Å². The number of piperidine rings is 1. The number of rotatable bonds is 7. The highest BCUT2D eigenvalue weighted by atomic mass is 32.2. The molecule has 0 aliphatic carbocycles. The second-order valence-electron chi connectivity index (χ2n) is 11.8. The smallest absolute Gasteiger partial charge is 0.365 e. The van der Waals surface area contributed by atoms with Crippen LogP contribution < -0.4 is 10.6 Å². The summed E-state index contributed by atoms with van der Waals surface area (Å²) in [5.74, 6) is -1.36. The molecule has 11 nitrogen and oxygen atoms in total. The second kappa shape index (κ2) is 12.7. The van der Waals surface area contributed by atoms with Crippen molar-refractivity contribution >= 4 is 35.0 Å². The lowest BCUT2D eigenvalue weighted by molar-refractivity contribution is -0.162. The highest BCUT2D eigenvalue weighted by molar-refractivity contribution is 8.04. The number of nitrogens with zero attached hydrogens (tertiary/aromatic N) is 8. The summed E-state index contributed by atoms with van der Waals surface area (Å²) in [6.07, 6.45) is 1.55. The van der Waals surface area contributed by atoms with Gasteiger partial charge in [0.1, 0.15) is 23.3 Å². The highest BCUT2D eigenvalue weighted by Gasteiger charge is 2.37. The van der Waals surface area contributed by atoms with Crippen molar-refractivity contribution in [3.05, 3.63) is 95.4 Å². The van der Waals surface area contributed by atoms with Gasteiger partial charge in [0, 0.05) is 48.3 Å². The van der Waals surface area contributed by atoms with Gasteiger partial charge in [0.15, 0.2) is 11.5 Å². The molecule has 1 atom stereocenters. The molecule has 2 aliphatic heterocycles. The van der Waals surface area contributed by atoms with Gasteiger partial charge in [-0.2, -0.15) is 18.3 Å². The van der Waals surface area contributed by atoms with E-state index in [0.717, 1.165) is 5.56 Å². The number of carbonyl (C=O) groups excluding carboxylic acids is 2. The minimum atomic E-state index is -4.57. The topological polar surface area (TPSA) is 128 Å². The Balaban J connectivity index is 1.26. The van der Waals surface area contributed by atoms with Gasteiger partial charge in [0.05, 0.1) is 28.8 Å². The highest BCUT2D eigenvalue weighted by Crippen LogP contribution is 2.49. The summed E-state index contributed by atoms with van der Waals surface area (Å²) in [5, 5.41) is 4.56. The maximum Gasteiger partial charge on any atom is 0.397 e. The average molecular weight is 692 g/mol. The number of hydrogen-bond acceptors (Lipinski definition) is 8. The number of likely N-dealkylation sites (tertiary alicyclic amines) is 1. The number of amides is 2. The summed E-state index contributed by atoms with van der Waals surface area (Å²) in [6.45, 7) is 2.13. The van der Waals surface area contributed by atoms with E-state index < -0.39 is 30.2 Å². The molecule has 7 rings (SSSR count). The van der Waals surface area contributed by atoms with Crippen LogP contribution in [0, 0.1) is 5.82 Å². The van der Waals surface area contributed by atoms with Crippen LogP contribution in [0.3, 0.4) is 0 Å². The van der Waals surface area contributed by atoms with Gasteiger partial charge in [-0.15, -0.1) is 0 Å². The molecule has 0 bridgehead atoms. The number of alkyl halides is 3. The number of primary amides is 1. The average Bonchev–Trinajstić information content (AvgIpc) is 3.79. The van der Waals surface area contributed by atoms with Crippen molar-refractivity contribution in [2.45, 2.75) is 43.8 Å². The Kier molecular flexibility index (Phi) is 8.34. The van der Waals surface area contributed by atoms with Gasteiger partial charge in [-0.3, -0.25) is 14.6 Å². The first-order valence-electron chi connectivity index (χ1n) is 15.4. The van der Waals surface area contributed by atoms with Crippen molar-refractivity contribution in [3.8, 4) is 22.6 Å². The van der Waals surface area contributed by atoms with E-state index in [9.17, 15) is 27.2 Å². The van der Waals surface area contributed by atoms with Crippen LogP contribution in [0.2, 0.25) is 0 Å². The predicted octanol–water partition coefficient (Wildman–Crippen LogP) is 5.88. The molecule has 2 N–H and O–H groups in total. The Bertz CT molecular complexity index is 2070. The number of hydrogen-bond donors (Lipinski definition) is 1. The third-order valence-corrected chi connectivity index (χ3v) is 10.1. The largest absolute Gasteiger partial charge is 0.397 e. The van der Waals surface area contributed by atoms with Crippen molar-refractivity contribution in [2.24, 2.45) is 5.73 Å². The number of halogens is 4. The molecule has 5 aromatic rings. The molecule has 4 aromatic heterocycles. The number of thioether (sulfide) groups is 1. The Morgan fingerprint density at radius 3 is 2.49 bits per heavy atom. The minimum absolute atomic E-state index is 0.159. The Hall–Kier alpha value is -5.25. The maximum atomic E-state index is 13.9. The lowest BCUT2D eigenvalue weighted by Crippen LogP contribution is -2.40. The quantitative estimate of drug-likeness (QED) is 0.210. The zero-order valence-corrected chi connectivity index (χ0v) is 26.8. The van der Waals surface area contributed by atoms with E-state index >= 15 is 0 Å². The fourth-order valence-corrected chi connectivity index (χ4v) is 7.56. The molecular formula is C33H29F4N9O2S. The molecular weight excluding hydrogens is 662 g/mol. The third kappa shape index (κ3) is 6.35. The van der Waals surface area contributed by atoms with Crippen LogP contribution in [0.4, 0.5) is 23.4 Å². The molecule has 1 aromatic carbocycles. The minimum Gasteiger partial charge on any atom is -0.365 e. The Morgan fingerprint density at radius 2 is 1.82 bits per heavy atom. The second-order valence-corrected chi connectivity index (χ2v) is 12.9. The molecule has 16 heteroatoms. The van der Waals surface area contributed by atoms with Crippen molar-refractivity contribution in [1.29, 1.82) is 0 Å². The lowest BCUT2D eigenvalue weighted by atomic mass is 10.0. The summed E-state index contributed by atoms with van der Waals surface area (Å²) >= 11 is 1.32. The number of nitrogens with two attached hydrogens (primary N) is 1. The molecule has 6 heterocycles. The van der Waals surface area contributed by atoms with Gasteiger partial charge in [0.25, 0.3) is 5.91 Å². The summed E-state index contributed by atoms with van der Waals surface area (Å²) in [7, 11) is 0. The number of anilines is 1. The van der Waals surface area contributed by atoms with E-state index in [4.69, 9.17) is 15.8 Å². The standard InChI is InChI=1S/C33H29F4N9O2S/c1-19-30(31(38)48)49-32(21-3-2-12-39-16-21)46(19)26-17-45-25(41-26)9-8-24(42-45)29-28(20-4-6-22(34)7-5-20)40-18-44(29)23-10-13-43(14-11-23)27(47)15-33(35,36)37/h2-9,12,16-18,23,32H,10-11,13-15H2,1H3,(H2,38,48). The normalized spacial score (nSPS) is 17.4. The van der Waals surface area contributed by atoms with Crippen LogP contribution in [0.15, 0.2) is 84.1 Å². The molecule has 252 valence electrons. The van der Waals surface area contributed by atoms with E-state index in [1.165, 1.54) is 28.8 Å². The molecule has 49 heavy (non-hydrogen) atoms. The first-order chi connectivity index (χ1) is 23.5. The SMILES string of the molecule is CC1=C(C(N)=O)SC(c2cccnc2)N1c1cn2nc(-c3c(-c4ccc(F)cc4)ncn3C3CCN(C(=O)CC(F)(F)F)CC3)ccc2n1. The molecule has 2 aliphatic rings. The Morgan fingerprint density at radius 1 is 1.06 bits per heavy atom. The molecule has 2 amide bonds. The predicted molar refractivity (Wildman–Crippen MR) is 174 cm³/mol. The van der Waals surface area contributed by atoms with Crippen LogP contribution in [0.25, 0.3) is 28.3 Å². The monoisotopic (exact) mass is 691 g/mol. The molecule has 1 saturated heterocycles. The van der Waals surface area contributed by atoms with Crippen LogP contribution >= 0.6 is 11.8 Å². The van der Waals surface area contributed by atoms with Gasteiger partial charge >= 0.3 is 6.18 Å². The molecule has 0 saturated carbocycles. The number of pyridine rings is 1. The van der Waals surface area contributed by atoms with Crippen molar-refractivity contribution < 1.29 is 27.2 Å². The van der Waals surface area contributed by atoms with Gasteiger partial charge < -0.3 is 20.1 Å². The van der Waals surface area contributed by atoms with Gasteiger partial charge in [-0.1, -0.05) is 17.8 Å². The van der Waals surface area contributed by atoms with Crippen molar-refractivity contribution in [1.82, 2.24) is 34.0 Å². The zero-order valence-electron chi connectivity index (χ0n) is 26.0. The van der Waals surface area contributed by atoms with Crippen molar-refractivity contribution in [3.63, 3.8) is 0 Å². The van der Waals surface area contributed by atoms with Crippen molar-refractivity contribution in [2.75, 3.05) is 18.0 Å². The first-order valence-corrected chi connectivity index (χ1v) is 16.3. The summed E-state index contributed by atoms with van der Waals surface area (Å²) in [5.41, 5.74) is 10.1. The van der Waals surface area contributed by atoms with E-state index in [0.29, 0.717) is 57.6 Å². The van der Waals surface area contributed by atoms with E-state index in [-0.39, 0.29) is 24.5 Å². The maximum absolute atomic E-state index is 13.9. The number of carbonyl (C=O) groups is 2. The number of imidazole rings is 2. The third-order valence-electron chi connectivity index (χ3n) is 8.62. The van der Waals surface area contributed by atoms with Crippen LogP contribution in [0.1, 0.15) is 43.2 Å². The van der Waals surface area contributed by atoms with E-state index in [2.05, 4.69) is 9.97 Å². The zero-order chi connectivity index (χ0) is 34.4.